The number of rotatable bonds is 4. The molecule has 0 amide bonds. The highest BCUT2D eigenvalue weighted by Gasteiger charge is 2.23. The summed E-state index contributed by atoms with van der Waals surface area (Å²) in [6.45, 7) is 1.97. The van der Waals surface area contributed by atoms with Crippen molar-refractivity contribution in [1.29, 1.82) is 0 Å². The summed E-state index contributed by atoms with van der Waals surface area (Å²) < 4.78 is 0. The second-order valence-electron chi connectivity index (χ2n) is 7.62. The van der Waals surface area contributed by atoms with Crippen LogP contribution >= 0.6 is 23.2 Å². The van der Waals surface area contributed by atoms with Crippen LogP contribution in [0.1, 0.15) is 12.8 Å². The minimum Gasteiger partial charge on any atom is -0.355 e. The van der Waals surface area contributed by atoms with Gasteiger partial charge in [-0.2, -0.15) is 0 Å². The van der Waals surface area contributed by atoms with Crippen molar-refractivity contribution in [3.8, 4) is 22.5 Å². The first-order valence-electron chi connectivity index (χ1n) is 9.81. The van der Waals surface area contributed by atoms with E-state index in [1.54, 1.807) is 0 Å². The van der Waals surface area contributed by atoms with Gasteiger partial charge in [0.2, 0.25) is 0 Å². The molecular formula is C23H24Cl2N4. The average Bonchev–Trinajstić information content (AvgIpc) is 2.75. The summed E-state index contributed by atoms with van der Waals surface area (Å²) in [6.07, 6.45) is 4.15. The van der Waals surface area contributed by atoms with E-state index in [0.29, 0.717) is 16.1 Å². The van der Waals surface area contributed by atoms with Gasteiger partial charge in [0.05, 0.1) is 17.6 Å². The summed E-state index contributed by atoms with van der Waals surface area (Å²) in [5.74, 6) is 0.921. The molecule has 4 rings (SSSR count). The molecule has 29 heavy (non-hydrogen) atoms. The van der Waals surface area contributed by atoms with E-state index >= 15 is 0 Å². The van der Waals surface area contributed by atoms with Crippen LogP contribution in [0.4, 0.5) is 5.82 Å². The molecule has 0 spiro atoms. The Labute approximate surface area is 182 Å². The number of halogens is 2. The second-order valence-corrected chi connectivity index (χ2v) is 8.49. The van der Waals surface area contributed by atoms with Crippen LogP contribution in [0.2, 0.25) is 10.0 Å². The normalized spacial score (nSPS) is 15.1. The maximum absolute atomic E-state index is 6.10. The van der Waals surface area contributed by atoms with E-state index in [9.17, 15) is 0 Å². The van der Waals surface area contributed by atoms with Gasteiger partial charge in [-0.05, 0) is 51.2 Å². The van der Waals surface area contributed by atoms with Gasteiger partial charge < -0.3 is 9.80 Å². The Morgan fingerprint density at radius 1 is 0.828 bits per heavy atom. The van der Waals surface area contributed by atoms with Crippen LogP contribution in [0, 0.1) is 0 Å². The number of nitrogens with zero attached hydrogens (tertiary/aromatic N) is 4. The van der Waals surface area contributed by atoms with Gasteiger partial charge in [0.25, 0.3) is 0 Å². The molecule has 3 aromatic rings. The molecule has 1 aliphatic heterocycles. The molecule has 1 fully saturated rings. The molecule has 0 saturated carbocycles. The first-order valence-corrected chi connectivity index (χ1v) is 10.6. The topological polar surface area (TPSA) is 32.3 Å². The summed E-state index contributed by atoms with van der Waals surface area (Å²) >= 11 is 12.2. The molecule has 150 valence electrons. The van der Waals surface area contributed by atoms with Crippen LogP contribution in [0.3, 0.4) is 0 Å². The fourth-order valence-electron chi connectivity index (χ4n) is 3.77. The fourth-order valence-corrected chi connectivity index (χ4v) is 4.02. The third-order valence-corrected chi connectivity index (χ3v) is 6.02. The molecule has 0 unspecified atom stereocenters. The van der Waals surface area contributed by atoms with Crippen molar-refractivity contribution in [1.82, 2.24) is 14.9 Å². The van der Waals surface area contributed by atoms with Gasteiger partial charge >= 0.3 is 0 Å². The third-order valence-electron chi connectivity index (χ3n) is 5.51. The summed E-state index contributed by atoms with van der Waals surface area (Å²) in [4.78, 5) is 14.5. The van der Waals surface area contributed by atoms with Crippen molar-refractivity contribution in [2.75, 3.05) is 32.1 Å². The van der Waals surface area contributed by atoms with Crippen LogP contribution in [-0.4, -0.2) is 48.1 Å². The van der Waals surface area contributed by atoms with Crippen molar-refractivity contribution >= 4 is 29.0 Å². The van der Waals surface area contributed by atoms with Crippen LogP contribution in [-0.2, 0) is 0 Å². The summed E-state index contributed by atoms with van der Waals surface area (Å²) in [5, 5.41) is 1.41. The molecule has 2 heterocycles. The number of anilines is 1. The lowest BCUT2D eigenvalue weighted by molar-refractivity contribution is 0.249. The molecule has 1 saturated heterocycles. The lowest BCUT2D eigenvalue weighted by atomic mass is 10.0. The summed E-state index contributed by atoms with van der Waals surface area (Å²) in [5.41, 5.74) is 3.69. The van der Waals surface area contributed by atoms with Crippen LogP contribution < -0.4 is 4.90 Å². The molecule has 1 aliphatic rings. The smallest absolute Gasteiger partial charge is 0.147 e. The average molecular weight is 427 g/mol. The quantitative estimate of drug-likeness (QED) is 0.539. The Morgan fingerprint density at radius 2 is 1.34 bits per heavy atom. The van der Waals surface area contributed by atoms with Crippen molar-refractivity contribution < 1.29 is 0 Å². The number of aromatic nitrogens is 2. The molecule has 0 radical (unpaired) electrons. The number of benzene rings is 2. The Balaban J connectivity index is 1.71. The predicted octanol–water partition coefficient (Wildman–Crippen LogP) is 5.65. The van der Waals surface area contributed by atoms with Crippen LogP contribution in [0.25, 0.3) is 22.5 Å². The second kappa shape index (κ2) is 8.70. The van der Waals surface area contributed by atoms with Gasteiger partial charge in [-0.15, -0.1) is 0 Å². The van der Waals surface area contributed by atoms with Gasteiger partial charge in [-0.3, -0.25) is 4.98 Å². The Hall–Kier alpha value is -2.14. The summed E-state index contributed by atoms with van der Waals surface area (Å²) in [7, 11) is 4.30. The fraction of sp³-hybridized carbons (Fsp3) is 0.304. The molecule has 6 heteroatoms. The van der Waals surface area contributed by atoms with Crippen LogP contribution in [0.15, 0.2) is 54.7 Å². The lowest BCUT2D eigenvalue weighted by Crippen LogP contribution is -2.42. The monoisotopic (exact) mass is 426 g/mol. The Kier molecular flexibility index (Phi) is 6.04. The minimum atomic E-state index is 0.628. The number of piperidine rings is 1. The Bertz CT molecular complexity index is 963. The Morgan fingerprint density at radius 3 is 1.86 bits per heavy atom. The summed E-state index contributed by atoms with van der Waals surface area (Å²) in [6, 6.07) is 16.1. The van der Waals surface area contributed by atoms with Crippen LogP contribution in [0.5, 0.6) is 0 Å². The SMILES string of the molecule is CN(C)C1CCN(c2cnc(-c3ccc(Cl)cc3)c(-c3ccc(Cl)cc3)n2)CC1. The van der Waals surface area contributed by atoms with E-state index in [-0.39, 0.29) is 0 Å². The molecule has 0 aliphatic carbocycles. The maximum atomic E-state index is 6.10. The van der Waals surface area contributed by atoms with E-state index in [2.05, 4.69) is 23.9 Å². The van der Waals surface area contributed by atoms with Gasteiger partial charge in [0.15, 0.2) is 0 Å². The third kappa shape index (κ3) is 4.55. The van der Waals surface area contributed by atoms with Crippen molar-refractivity contribution in [2.45, 2.75) is 18.9 Å². The van der Waals surface area contributed by atoms with Gasteiger partial charge in [0, 0.05) is 40.3 Å². The van der Waals surface area contributed by atoms with Gasteiger partial charge in [-0.25, -0.2) is 4.98 Å². The molecule has 4 nitrogen and oxygen atoms in total. The first kappa shape index (κ1) is 20.1. The number of hydrogen-bond acceptors (Lipinski definition) is 4. The first-order chi connectivity index (χ1) is 14.0. The highest BCUT2D eigenvalue weighted by Crippen LogP contribution is 2.32. The number of hydrogen-bond donors (Lipinski definition) is 0. The van der Waals surface area contributed by atoms with Gasteiger partial charge in [0.1, 0.15) is 5.82 Å². The highest BCUT2D eigenvalue weighted by atomic mass is 35.5. The van der Waals surface area contributed by atoms with Gasteiger partial charge in [-0.1, -0.05) is 47.5 Å². The molecule has 0 bridgehead atoms. The zero-order valence-corrected chi connectivity index (χ0v) is 18.2. The highest BCUT2D eigenvalue weighted by molar-refractivity contribution is 6.31. The molecule has 0 atom stereocenters. The van der Waals surface area contributed by atoms with E-state index in [1.807, 2.05) is 54.7 Å². The molecule has 2 aromatic carbocycles. The molecular weight excluding hydrogens is 403 g/mol. The standard InChI is InChI=1S/C23H24Cl2N4/c1-28(2)20-11-13-29(14-12-20)21-15-26-22(16-3-7-18(24)8-4-16)23(27-21)17-5-9-19(25)10-6-17/h3-10,15,20H,11-14H2,1-2H3. The largest absolute Gasteiger partial charge is 0.355 e. The molecule has 1 aromatic heterocycles. The lowest BCUT2D eigenvalue weighted by Gasteiger charge is -2.35. The van der Waals surface area contributed by atoms with E-state index in [4.69, 9.17) is 33.2 Å². The van der Waals surface area contributed by atoms with E-state index < -0.39 is 0 Å². The zero-order valence-electron chi connectivity index (χ0n) is 16.6. The zero-order chi connectivity index (χ0) is 20.4. The molecule has 0 N–H and O–H groups in total. The van der Waals surface area contributed by atoms with Crippen molar-refractivity contribution in [2.24, 2.45) is 0 Å². The minimum absolute atomic E-state index is 0.628. The van der Waals surface area contributed by atoms with Crippen molar-refractivity contribution in [3.63, 3.8) is 0 Å². The van der Waals surface area contributed by atoms with E-state index in [1.165, 1.54) is 0 Å². The maximum Gasteiger partial charge on any atom is 0.147 e. The van der Waals surface area contributed by atoms with E-state index in [0.717, 1.165) is 54.3 Å². The van der Waals surface area contributed by atoms with Crippen molar-refractivity contribution in [3.05, 3.63) is 64.8 Å². The predicted molar refractivity (Wildman–Crippen MR) is 122 cm³/mol.